The summed E-state index contributed by atoms with van der Waals surface area (Å²) in [5.41, 5.74) is 1.48. The minimum atomic E-state index is -0.876. The van der Waals surface area contributed by atoms with Crippen molar-refractivity contribution < 1.29 is 15.0 Å². The number of hydrogen-bond donors (Lipinski definition) is 3. The predicted octanol–water partition coefficient (Wildman–Crippen LogP) is 2.69. The van der Waals surface area contributed by atoms with Gasteiger partial charge in [-0.3, -0.25) is 0 Å². The highest BCUT2D eigenvalue weighted by molar-refractivity contribution is 9.10. The van der Waals surface area contributed by atoms with Crippen molar-refractivity contribution in [3.05, 3.63) is 34.3 Å². The first-order chi connectivity index (χ1) is 8.59. The highest BCUT2D eigenvalue weighted by atomic mass is 79.9. The third-order valence-electron chi connectivity index (χ3n) is 3.71. The van der Waals surface area contributed by atoms with Crippen molar-refractivity contribution in [3.63, 3.8) is 0 Å². The highest BCUT2D eigenvalue weighted by Crippen LogP contribution is 2.50. The van der Waals surface area contributed by atoms with Gasteiger partial charge in [0.05, 0.1) is 5.69 Å². The Labute approximate surface area is 112 Å². The summed E-state index contributed by atoms with van der Waals surface area (Å²) in [6.07, 6.45) is 4.79. The second-order valence-corrected chi connectivity index (χ2v) is 5.52. The molecule has 18 heavy (non-hydrogen) atoms. The molecule has 2 aliphatic rings. The van der Waals surface area contributed by atoms with Crippen LogP contribution in [0.5, 0.6) is 5.75 Å². The number of carbonyl (C=O) groups is 1. The standard InChI is InChI=1S/C13H12BrNO3/c14-8-4-5-9(16)12-10(8)6-2-1-3-7(6)11(15-12)13(17)18/h1-2,4-7,11,15-16H,3H2,(H,17,18)/t6-,7-,11-/m1/s1. The van der Waals surface area contributed by atoms with Crippen LogP contribution in [0.15, 0.2) is 28.8 Å². The van der Waals surface area contributed by atoms with Gasteiger partial charge in [-0.05, 0) is 18.6 Å². The van der Waals surface area contributed by atoms with Gasteiger partial charge >= 0.3 is 5.97 Å². The molecular formula is C13H12BrNO3. The number of allylic oxidation sites excluding steroid dienone is 2. The number of nitrogens with one attached hydrogen (secondary N) is 1. The van der Waals surface area contributed by atoms with Gasteiger partial charge in [-0.15, -0.1) is 0 Å². The van der Waals surface area contributed by atoms with E-state index in [1.807, 2.05) is 12.2 Å². The van der Waals surface area contributed by atoms with E-state index in [1.165, 1.54) is 0 Å². The van der Waals surface area contributed by atoms with E-state index in [0.717, 1.165) is 16.5 Å². The summed E-state index contributed by atoms with van der Waals surface area (Å²) in [5, 5.41) is 22.1. The average molecular weight is 310 g/mol. The average Bonchev–Trinajstić information content (AvgIpc) is 2.81. The second-order valence-electron chi connectivity index (χ2n) is 4.67. The first-order valence-corrected chi connectivity index (χ1v) is 6.56. The molecule has 1 aliphatic heterocycles. The Kier molecular flexibility index (Phi) is 2.59. The van der Waals surface area contributed by atoms with E-state index in [9.17, 15) is 15.0 Å². The summed E-state index contributed by atoms with van der Waals surface area (Å²) in [4.78, 5) is 11.3. The van der Waals surface area contributed by atoms with Crippen molar-refractivity contribution in [1.29, 1.82) is 0 Å². The van der Waals surface area contributed by atoms with E-state index in [-0.39, 0.29) is 17.6 Å². The lowest BCUT2D eigenvalue weighted by atomic mass is 9.79. The molecule has 0 spiro atoms. The molecule has 0 bridgehead atoms. The Morgan fingerprint density at radius 3 is 2.94 bits per heavy atom. The number of carboxylic acid groups (broad SMARTS) is 1. The van der Waals surface area contributed by atoms with Gasteiger partial charge in [-0.2, -0.15) is 0 Å². The number of fused-ring (bicyclic) bond motifs is 3. The quantitative estimate of drug-likeness (QED) is 0.551. The van der Waals surface area contributed by atoms with Crippen molar-refractivity contribution in [2.75, 3.05) is 5.32 Å². The van der Waals surface area contributed by atoms with Crippen LogP contribution in [0.25, 0.3) is 0 Å². The summed E-state index contributed by atoms with van der Waals surface area (Å²) in [5.74, 6) is -0.728. The summed E-state index contributed by atoms with van der Waals surface area (Å²) in [7, 11) is 0. The van der Waals surface area contributed by atoms with Gasteiger partial charge in [0.2, 0.25) is 0 Å². The molecule has 1 aromatic carbocycles. The van der Waals surface area contributed by atoms with Gasteiger partial charge < -0.3 is 15.5 Å². The number of hydrogen-bond acceptors (Lipinski definition) is 3. The number of anilines is 1. The van der Waals surface area contributed by atoms with Crippen LogP contribution in [0, 0.1) is 5.92 Å². The van der Waals surface area contributed by atoms with Gasteiger partial charge in [0.25, 0.3) is 0 Å². The summed E-state index contributed by atoms with van der Waals surface area (Å²) >= 11 is 3.48. The summed E-state index contributed by atoms with van der Waals surface area (Å²) in [6, 6.07) is 2.70. The van der Waals surface area contributed by atoms with Crippen molar-refractivity contribution in [1.82, 2.24) is 0 Å². The number of benzene rings is 1. The zero-order chi connectivity index (χ0) is 12.9. The number of aliphatic carboxylic acids is 1. The lowest BCUT2D eigenvalue weighted by Gasteiger charge is -2.35. The third-order valence-corrected chi connectivity index (χ3v) is 4.40. The number of halogens is 1. The molecule has 0 unspecified atom stereocenters. The molecular weight excluding hydrogens is 298 g/mol. The smallest absolute Gasteiger partial charge is 0.326 e. The third kappa shape index (κ3) is 1.54. The Balaban J connectivity index is 2.17. The molecule has 1 aliphatic carbocycles. The predicted molar refractivity (Wildman–Crippen MR) is 70.8 cm³/mol. The first kappa shape index (κ1) is 11.6. The number of carboxylic acids is 1. The molecule has 0 radical (unpaired) electrons. The van der Waals surface area contributed by atoms with Crippen molar-refractivity contribution in [3.8, 4) is 5.75 Å². The topological polar surface area (TPSA) is 69.6 Å². The molecule has 3 N–H and O–H groups in total. The molecule has 3 atom stereocenters. The number of phenolic OH excluding ortho intramolecular Hbond substituents is 1. The van der Waals surface area contributed by atoms with Gasteiger partial charge in [0.1, 0.15) is 11.8 Å². The Morgan fingerprint density at radius 2 is 2.22 bits per heavy atom. The number of aromatic hydroxyl groups is 1. The van der Waals surface area contributed by atoms with Crippen LogP contribution in [0.4, 0.5) is 5.69 Å². The highest BCUT2D eigenvalue weighted by Gasteiger charge is 2.42. The van der Waals surface area contributed by atoms with Crippen LogP contribution in [-0.4, -0.2) is 22.2 Å². The summed E-state index contributed by atoms with van der Waals surface area (Å²) < 4.78 is 0.896. The van der Waals surface area contributed by atoms with E-state index in [0.29, 0.717) is 5.69 Å². The van der Waals surface area contributed by atoms with Gasteiger partial charge in [0, 0.05) is 21.9 Å². The molecule has 5 heteroatoms. The van der Waals surface area contributed by atoms with Crippen LogP contribution in [0.3, 0.4) is 0 Å². The maximum atomic E-state index is 11.3. The zero-order valence-electron chi connectivity index (χ0n) is 9.43. The Hall–Kier alpha value is -1.49. The molecule has 0 amide bonds. The molecule has 1 aromatic rings. The fourth-order valence-electron chi connectivity index (χ4n) is 2.89. The minimum Gasteiger partial charge on any atom is -0.506 e. The monoisotopic (exact) mass is 309 g/mol. The van der Waals surface area contributed by atoms with Gasteiger partial charge in [-0.25, -0.2) is 4.79 Å². The molecule has 3 rings (SSSR count). The Bertz CT molecular complexity index is 555. The van der Waals surface area contributed by atoms with E-state index in [1.54, 1.807) is 12.1 Å². The van der Waals surface area contributed by atoms with Crippen LogP contribution in [0.1, 0.15) is 17.9 Å². The summed E-state index contributed by atoms with van der Waals surface area (Å²) in [6.45, 7) is 0. The minimum absolute atomic E-state index is 0.00750. The maximum Gasteiger partial charge on any atom is 0.326 e. The molecule has 0 saturated carbocycles. The molecule has 1 heterocycles. The van der Waals surface area contributed by atoms with Gasteiger partial charge in [-0.1, -0.05) is 28.1 Å². The molecule has 0 fully saturated rings. The van der Waals surface area contributed by atoms with E-state index < -0.39 is 12.0 Å². The van der Waals surface area contributed by atoms with E-state index >= 15 is 0 Å². The molecule has 0 saturated heterocycles. The Morgan fingerprint density at radius 1 is 1.44 bits per heavy atom. The van der Waals surface area contributed by atoms with E-state index in [4.69, 9.17) is 0 Å². The van der Waals surface area contributed by atoms with Crippen LogP contribution >= 0.6 is 15.9 Å². The number of phenols is 1. The van der Waals surface area contributed by atoms with Crippen molar-refractivity contribution >= 4 is 27.6 Å². The van der Waals surface area contributed by atoms with E-state index in [2.05, 4.69) is 21.2 Å². The zero-order valence-corrected chi connectivity index (χ0v) is 11.0. The van der Waals surface area contributed by atoms with Gasteiger partial charge in [0.15, 0.2) is 0 Å². The van der Waals surface area contributed by atoms with Crippen molar-refractivity contribution in [2.24, 2.45) is 5.92 Å². The van der Waals surface area contributed by atoms with Crippen LogP contribution in [-0.2, 0) is 4.79 Å². The fraction of sp³-hybridized carbons (Fsp3) is 0.308. The lowest BCUT2D eigenvalue weighted by molar-refractivity contribution is -0.139. The maximum absolute atomic E-state index is 11.3. The fourth-order valence-corrected chi connectivity index (χ4v) is 3.49. The molecule has 94 valence electrons. The molecule has 4 nitrogen and oxygen atoms in total. The number of rotatable bonds is 1. The van der Waals surface area contributed by atoms with Crippen LogP contribution < -0.4 is 5.32 Å². The first-order valence-electron chi connectivity index (χ1n) is 5.77. The molecule has 0 aromatic heterocycles. The lowest BCUT2D eigenvalue weighted by Crippen LogP contribution is -2.42. The normalized spacial score (nSPS) is 28.4. The second kappa shape index (κ2) is 4.02. The SMILES string of the molecule is O=C(O)[C@@H]1Nc2c(O)ccc(Br)c2[C@@H]2C=CC[C@@H]12. The van der Waals surface area contributed by atoms with Crippen LogP contribution in [0.2, 0.25) is 0 Å². The van der Waals surface area contributed by atoms with Crippen molar-refractivity contribution in [2.45, 2.75) is 18.4 Å². The largest absolute Gasteiger partial charge is 0.506 e.